The molecule has 5 rings (SSSR count). The molecule has 0 saturated carbocycles. The number of carbonyl (C=O) groups is 2. The number of hydrogen-bond donors (Lipinski definition) is 2. The number of anilines is 1. The van der Waals surface area contributed by atoms with Crippen LogP contribution in [0, 0.1) is 11.8 Å². The van der Waals surface area contributed by atoms with E-state index in [1.165, 1.54) is 0 Å². The zero-order valence-electron chi connectivity index (χ0n) is 20.2. The number of amides is 2. The van der Waals surface area contributed by atoms with Crippen LogP contribution < -0.4 is 10.6 Å². The summed E-state index contributed by atoms with van der Waals surface area (Å²) in [4.78, 5) is 29.3. The molecule has 1 spiro atoms. The van der Waals surface area contributed by atoms with Gasteiger partial charge in [-0.05, 0) is 60.2 Å². The maximum absolute atomic E-state index is 13.2. The lowest BCUT2D eigenvalue weighted by Gasteiger charge is -2.39. The molecule has 0 radical (unpaired) electrons. The number of furan rings is 1. The van der Waals surface area contributed by atoms with Gasteiger partial charge in [0, 0.05) is 42.8 Å². The Balaban J connectivity index is 1.31. The molecule has 1 unspecified atom stereocenters. The normalized spacial score (nSPS) is 16.7. The second-order valence-electron chi connectivity index (χ2n) is 9.35. The predicted octanol–water partition coefficient (Wildman–Crippen LogP) is 2.88. The van der Waals surface area contributed by atoms with Gasteiger partial charge >= 0.3 is 0 Å². The summed E-state index contributed by atoms with van der Waals surface area (Å²) in [6.07, 6.45) is 1.29. The molecule has 0 bridgehead atoms. The second-order valence-corrected chi connectivity index (χ2v) is 10.3. The number of nitrogens with two attached hydrogens (primary N) is 1. The number of piperidine rings is 1. The Labute approximate surface area is 217 Å². The molecule has 3 aromatic rings. The molecule has 0 aliphatic carbocycles. The SMILES string of the molecule is NCc1ccc2c(c1)C1(CCN(C(=O)c3ccc(C#Cc4ccccc4)o3)CC1)CN2C(=O)CS(=O)O. The van der Waals surface area contributed by atoms with E-state index in [2.05, 4.69) is 11.8 Å². The molecule has 2 aliphatic rings. The zero-order chi connectivity index (χ0) is 26.0. The third kappa shape index (κ3) is 5.09. The largest absolute Gasteiger partial charge is 0.443 e. The van der Waals surface area contributed by atoms with Crippen LogP contribution in [0.3, 0.4) is 0 Å². The number of hydrogen-bond acceptors (Lipinski definition) is 5. The van der Waals surface area contributed by atoms with Crippen LogP contribution in [0.5, 0.6) is 0 Å². The van der Waals surface area contributed by atoms with Crippen molar-refractivity contribution in [3.05, 3.63) is 88.9 Å². The number of likely N-dealkylation sites (tertiary alicyclic amines) is 1. The first-order valence-corrected chi connectivity index (χ1v) is 13.3. The Morgan fingerprint density at radius 2 is 1.81 bits per heavy atom. The van der Waals surface area contributed by atoms with Gasteiger partial charge in [-0.1, -0.05) is 36.3 Å². The first-order chi connectivity index (χ1) is 17.9. The minimum atomic E-state index is -2.22. The average Bonchev–Trinajstić information content (AvgIpc) is 3.51. The van der Waals surface area contributed by atoms with Crippen molar-refractivity contribution in [2.45, 2.75) is 24.8 Å². The van der Waals surface area contributed by atoms with Gasteiger partial charge in [-0.2, -0.15) is 0 Å². The van der Waals surface area contributed by atoms with Crippen LogP contribution in [0.15, 0.2) is 65.1 Å². The van der Waals surface area contributed by atoms with Crippen molar-refractivity contribution in [3.63, 3.8) is 0 Å². The molecule has 3 heterocycles. The summed E-state index contributed by atoms with van der Waals surface area (Å²) < 4.78 is 26.3. The molecule has 37 heavy (non-hydrogen) atoms. The second kappa shape index (κ2) is 10.3. The van der Waals surface area contributed by atoms with E-state index in [9.17, 15) is 18.4 Å². The van der Waals surface area contributed by atoms with Gasteiger partial charge in [-0.3, -0.25) is 9.59 Å². The van der Waals surface area contributed by atoms with Crippen molar-refractivity contribution in [2.75, 3.05) is 30.3 Å². The van der Waals surface area contributed by atoms with Crippen LogP contribution in [-0.4, -0.2) is 50.9 Å². The van der Waals surface area contributed by atoms with Gasteiger partial charge in [0.25, 0.3) is 5.91 Å². The van der Waals surface area contributed by atoms with Crippen molar-refractivity contribution >= 4 is 28.6 Å². The summed E-state index contributed by atoms with van der Waals surface area (Å²) in [6, 6.07) is 18.7. The molecule has 3 N–H and O–H groups in total. The first-order valence-electron chi connectivity index (χ1n) is 12.1. The predicted molar refractivity (Wildman–Crippen MR) is 140 cm³/mol. The standard InChI is InChI=1S/C28H27N3O5S/c29-17-21-7-10-24-23(16-21)28(19-31(24)26(32)18-37(34)35)12-14-30(15-13-28)27(33)25-11-9-22(36-25)8-6-20-4-2-1-3-5-20/h1-5,7,9-11,16H,12-15,17-19,29H2,(H,34,35). The summed E-state index contributed by atoms with van der Waals surface area (Å²) in [7, 11) is 0. The smallest absolute Gasteiger partial charge is 0.289 e. The lowest BCUT2D eigenvalue weighted by atomic mass is 9.74. The monoisotopic (exact) mass is 517 g/mol. The van der Waals surface area contributed by atoms with Crippen LogP contribution in [0.4, 0.5) is 5.69 Å². The fourth-order valence-electron chi connectivity index (χ4n) is 5.15. The summed E-state index contributed by atoms with van der Waals surface area (Å²) in [5, 5.41) is 0. The number of carbonyl (C=O) groups excluding carboxylic acids is 2. The Morgan fingerprint density at radius 1 is 1.05 bits per heavy atom. The molecular formula is C28H27N3O5S. The fraction of sp³-hybridized carbons (Fsp3) is 0.286. The van der Waals surface area contributed by atoms with Gasteiger partial charge in [0.2, 0.25) is 5.91 Å². The van der Waals surface area contributed by atoms with E-state index in [0.29, 0.717) is 44.8 Å². The van der Waals surface area contributed by atoms with E-state index < -0.39 is 22.7 Å². The van der Waals surface area contributed by atoms with E-state index in [0.717, 1.165) is 22.4 Å². The van der Waals surface area contributed by atoms with Crippen LogP contribution in [0.25, 0.3) is 0 Å². The third-order valence-corrected chi connectivity index (χ3v) is 7.59. The topological polar surface area (TPSA) is 117 Å². The van der Waals surface area contributed by atoms with E-state index in [1.807, 2.05) is 48.5 Å². The highest BCUT2D eigenvalue weighted by Crippen LogP contribution is 2.47. The number of rotatable bonds is 4. The minimum absolute atomic E-state index is 0.194. The Bertz CT molecular complexity index is 1410. The fourth-order valence-corrected chi connectivity index (χ4v) is 5.51. The van der Waals surface area contributed by atoms with E-state index in [4.69, 9.17) is 10.2 Å². The van der Waals surface area contributed by atoms with Crippen molar-refractivity contribution in [3.8, 4) is 11.8 Å². The summed E-state index contributed by atoms with van der Waals surface area (Å²) in [5.74, 6) is 5.61. The Hall–Kier alpha value is -3.71. The van der Waals surface area contributed by atoms with Crippen LogP contribution >= 0.6 is 0 Å². The molecule has 190 valence electrons. The Kier molecular flexibility index (Phi) is 6.98. The quantitative estimate of drug-likeness (QED) is 0.406. The molecule has 1 atom stereocenters. The average molecular weight is 518 g/mol. The molecule has 9 heteroatoms. The summed E-state index contributed by atoms with van der Waals surface area (Å²) in [5.41, 5.74) is 9.11. The van der Waals surface area contributed by atoms with Crippen LogP contribution in [0.2, 0.25) is 0 Å². The van der Waals surface area contributed by atoms with E-state index >= 15 is 0 Å². The number of benzene rings is 2. The molecular weight excluding hydrogens is 490 g/mol. The minimum Gasteiger partial charge on any atom is -0.443 e. The maximum Gasteiger partial charge on any atom is 0.289 e. The van der Waals surface area contributed by atoms with Crippen molar-refractivity contribution < 1.29 is 22.8 Å². The van der Waals surface area contributed by atoms with Gasteiger partial charge in [-0.25, -0.2) is 4.21 Å². The third-order valence-electron chi connectivity index (χ3n) is 7.10. The number of nitrogens with zero attached hydrogens (tertiary/aromatic N) is 2. The van der Waals surface area contributed by atoms with E-state index in [1.54, 1.807) is 21.9 Å². The highest BCUT2D eigenvalue weighted by atomic mass is 32.2. The van der Waals surface area contributed by atoms with Crippen molar-refractivity contribution in [1.82, 2.24) is 4.90 Å². The van der Waals surface area contributed by atoms with Crippen LogP contribution in [0.1, 0.15) is 45.8 Å². The maximum atomic E-state index is 13.2. The van der Waals surface area contributed by atoms with Crippen molar-refractivity contribution in [1.29, 1.82) is 0 Å². The molecule has 1 saturated heterocycles. The highest BCUT2D eigenvalue weighted by Gasteiger charge is 2.47. The highest BCUT2D eigenvalue weighted by molar-refractivity contribution is 7.80. The van der Waals surface area contributed by atoms with Crippen molar-refractivity contribution in [2.24, 2.45) is 5.73 Å². The summed E-state index contributed by atoms with van der Waals surface area (Å²) >= 11 is -2.22. The first kappa shape index (κ1) is 25.0. The molecule has 1 fully saturated rings. The van der Waals surface area contributed by atoms with Gasteiger partial charge < -0.3 is 24.5 Å². The molecule has 1 aromatic heterocycles. The molecule has 2 aromatic carbocycles. The van der Waals surface area contributed by atoms with Gasteiger partial charge in [0.15, 0.2) is 22.6 Å². The molecule has 8 nitrogen and oxygen atoms in total. The Morgan fingerprint density at radius 3 is 2.51 bits per heavy atom. The van der Waals surface area contributed by atoms with E-state index in [-0.39, 0.29) is 17.1 Å². The lowest BCUT2D eigenvalue weighted by Crippen LogP contribution is -2.48. The zero-order valence-corrected chi connectivity index (χ0v) is 21.0. The summed E-state index contributed by atoms with van der Waals surface area (Å²) in [6.45, 7) is 1.76. The van der Waals surface area contributed by atoms with Gasteiger partial charge in [-0.15, -0.1) is 0 Å². The van der Waals surface area contributed by atoms with Gasteiger partial charge in [0.1, 0.15) is 5.75 Å². The van der Waals surface area contributed by atoms with Gasteiger partial charge in [0.05, 0.1) is 0 Å². The molecule has 2 amide bonds. The number of fused-ring (bicyclic) bond motifs is 2. The molecule has 2 aliphatic heterocycles. The lowest BCUT2D eigenvalue weighted by molar-refractivity contribution is -0.116. The van der Waals surface area contributed by atoms with Crippen LogP contribution in [-0.2, 0) is 27.8 Å².